The van der Waals surface area contributed by atoms with Crippen molar-refractivity contribution in [2.75, 3.05) is 0 Å². The van der Waals surface area contributed by atoms with Crippen LogP contribution in [0.4, 0.5) is 0 Å². The van der Waals surface area contributed by atoms with Crippen molar-refractivity contribution in [2.45, 2.75) is 0 Å². The van der Waals surface area contributed by atoms with Crippen molar-refractivity contribution >= 4 is 18.0 Å². The molecule has 0 amide bonds. The topological polar surface area (TPSA) is 73.3 Å². The average molecular weight is 255 g/mol. The van der Waals surface area contributed by atoms with Gasteiger partial charge in [0.05, 0.1) is 5.56 Å². The summed E-state index contributed by atoms with van der Waals surface area (Å²) in [5.41, 5.74) is 0.473. The number of carbonyl (C=O) groups excluding carboxylic acids is 3. The standard InChI is InChI=1S/C14H9NO4/c16-9-13(17)10-3-1-5-12(7-10)19-14(18)11-4-2-6-15-8-11/h1-9H. The number of pyridine rings is 1. The van der Waals surface area contributed by atoms with Gasteiger partial charge >= 0.3 is 5.97 Å². The Morgan fingerprint density at radius 2 is 1.89 bits per heavy atom. The van der Waals surface area contributed by atoms with E-state index in [4.69, 9.17) is 4.74 Å². The molecule has 0 aliphatic rings. The first kappa shape index (κ1) is 12.6. The summed E-state index contributed by atoms with van der Waals surface area (Å²) in [4.78, 5) is 37.2. The summed E-state index contributed by atoms with van der Waals surface area (Å²) in [5.74, 6) is -1.05. The highest BCUT2D eigenvalue weighted by molar-refractivity contribution is 6.33. The Morgan fingerprint density at radius 1 is 1.11 bits per heavy atom. The molecule has 0 aliphatic heterocycles. The van der Waals surface area contributed by atoms with Crippen LogP contribution in [-0.4, -0.2) is 23.0 Å². The minimum absolute atomic E-state index is 0.173. The molecular formula is C14H9NO4. The molecule has 2 rings (SSSR count). The van der Waals surface area contributed by atoms with Gasteiger partial charge in [-0.05, 0) is 24.3 Å². The number of benzene rings is 1. The number of hydrogen-bond donors (Lipinski definition) is 0. The lowest BCUT2D eigenvalue weighted by Gasteiger charge is -2.04. The van der Waals surface area contributed by atoms with Crippen molar-refractivity contribution in [1.29, 1.82) is 0 Å². The maximum atomic E-state index is 11.7. The smallest absolute Gasteiger partial charge is 0.345 e. The summed E-state index contributed by atoms with van der Waals surface area (Å²) in [6, 6.07) is 9.04. The van der Waals surface area contributed by atoms with E-state index in [2.05, 4.69) is 4.98 Å². The lowest BCUT2D eigenvalue weighted by atomic mass is 10.1. The van der Waals surface area contributed by atoms with Gasteiger partial charge in [-0.2, -0.15) is 0 Å². The van der Waals surface area contributed by atoms with E-state index in [0.29, 0.717) is 5.56 Å². The van der Waals surface area contributed by atoms with Crippen LogP contribution in [0.25, 0.3) is 0 Å². The molecule has 1 aromatic carbocycles. The van der Waals surface area contributed by atoms with Gasteiger partial charge < -0.3 is 4.74 Å². The highest BCUT2D eigenvalue weighted by Crippen LogP contribution is 2.15. The summed E-state index contributed by atoms with van der Waals surface area (Å²) in [5, 5.41) is 0. The zero-order valence-corrected chi connectivity index (χ0v) is 9.78. The quantitative estimate of drug-likeness (QED) is 0.273. The summed E-state index contributed by atoms with van der Waals surface area (Å²) in [6.45, 7) is 0. The third-order valence-electron chi connectivity index (χ3n) is 2.33. The molecule has 1 heterocycles. The molecule has 0 spiro atoms. The molecule has 0 radical (unpaired) electrons. The summed E-state index contributed by atoms with van der Waals surface area (Å²) >= 11 is 0. The zero-order chi connectivity index (χ0) is 13.7. The van der Waals surface area contributed by atoms with E-state index in [0.717, 1.165) is 0 Å². The van der Waals surface area contributed by atoms with Gasteiger partial charge in [0.25, 0.3) is 0 Å². The molecule has 0 bridgehead atoms. The fourth-order valence-electron chi connectivity index (χ4n) is 1.43. The Balaban J connectivity index is 2.18. The van der Waals surface area contributed by atoms with Gasteiger partial charge in [0.15, 0.2) is 6.29 Å². The summed E-state index contributed by atoms with van der Waals surface area (Å²) in [7, 11) is 0. The van der Waals surface area contributed by atoms with Crippen molar-refractivity contribution < 1.29 is 19.1 Å². The zero-order valence-electron chi connectivity index (χ0n) is 9.78. The Morgan fingerprint density at radius 3 is 2.58 bits per heavy atom. The molecule has 5 nitrogen and oxygen atoms in total. The van der Waals surface area contributed by atoms with Gasteiger partial charge in [-0.25, -0.2) is 4.79 Å². The molecule has 0 aliphatic carbocycles. The fourth-order valence-corrected chi connectivity index (χ4v) is 1.43. The third-order valence-corrected chi connectivity index (χ3v) is 2.33. The van der Waals surface area contributed by atoms with E-state index >= 15 is 0 Å². The molecule has 5 heteroatoms. The number of nitrogens with zero attached hydrogens (tertiary/aromatic N) is 1. The van der Waals surface area contributed by atoms with E-state index in [1.807, 2.05) is 0 Å². The van der Waals surface area contributed by atoms with Crippen LogP contribution in [0.15, 0.2) is 48.8 Å². The van der Waals surface area contributed by atoms with Gasteiger partial charge in [0.1, 0.15) is 5.75 Å². The molecule has 0 saturated heterocycles. The second kappa shape index (κ2) is 5.68. The first-order chi connectivity index (χ1) is 9.20. The predicted molar refractivity (Wildman–Crippen MR) is 66.0 cm³/mol. The van der Waals surface area contributed by atoms with Gasteiger partial charge in [0.2, 0.25) is 5.78 Å². The van der Waals surface area contributed by atoms with E-state index in [1.54, 1.807) is 18.3 Å². The van der Waals surface area contributed by atoms with Crippen molar-refractivity contribution in [3.05, 3.63) is 59.9 Å². The number of Topliss-reactive ketones (excluding diaryl/α,β-unsaturated/α-hetero) is 1. The normalized spacial score (nSPS) is 9.68. The fraction of sp³-hybridized carbons (Fsp3) is 0. The number of hydrogen-bond acceptors (Lipinski definition) is 5. The molecule has 94 valence electrons. The average Bonchev–Trinajstić information content (AvgIpc) is 2.47. The molecule has 0 N–H and O–H groups in total. The van der Waals surface area contributed by atoms with E-state index in [1.165, 1.54) is 30.5 Å². The van der Waals surface area contributed by atoms with E-state index < -0.39 is 11.8 Å². The number of ketones is 1. The van der Waals surface area contributed by atoms with Gasteiger partial charge in [-0.3, -0.25) is 14.6 Å². The van der Waals surface area contributed by atoms with Crippen LogP contribution in [0.3, 0.4) is 0 Å². The number of ether oxygens (including phenoxy) is 1. The monoisotopic (exact) mass is 255 g/mol. The minimum Gasteiger partial charge on any atom is -0.423 e. The number of esters is 1. The van der Waals surface area contributed by atoms with Crippen LogP contribution < -0.4 is 4.74 Å². The molecule has 0 unspecified atom stereocenters. The Labute approximate surface area is 108 Å². The van der Waals surface area contributed by atoms with Gasteiger partial charge in [-0.1, -0.05) is 12.1 Å². The second-order valence-electron chi connectivity index (χ2n) is 3.64. The van der Waals surface area contributed by atoms with Gasteiger partial charge in [0, 0.05) is 18.0 Å². The SMILES string of the molecule is O=CC(=O)c1cccc(OC(=O)c2cccnc2)c1. The molecule has 0 saturated carbocycles. The van der Waals surface area contributed by atoms with Crippen molar-refractivity contribution in [3.8, 4) is 5.75 Å². The molecular weight excluding hydrogens is 246 g/mol. The number of carbonyl (C=O) groups is 3. The highest BCUT2D eigenvalue weighted by Gasteiger charge is 2.10. The van der Waals surface area contributed by atoms with Crippen LogP contribution in [0.5, 0.6) is 5.75 Å². The van der Waals surface area contributed by atoms with Crippen LogP contribution in [0.2, 0.25) is 0 Å². The lowest BCUT2D eigenvalue weighted by Crippen LogP contribution is -2.09. The lowest BCUT2D eigenvalue weighted by molar-refractivity contribution is -0.104. The Bertz CT molecular complexity index is 622. The summed E-state index contributed by atoms with van der Waals surface area (Å²) < 4.78 is 5.09. The number of aldehydes is 1. The third kappa shape index (κ3) is 3.10. The largest absolute Gasteiger partial charge is 0.423 e. The molecule has 19 heavy (non-hydrogen) atoms. The Kier molecular flexibility index (Phi) is 3.78. The van der Waals surface area contributed by atoms with Crippen LogP contribution >= 0.6 is 0 Å². The van der Waals surface area contributed by atoms with Crippen molar-refractivity contribution in [1.82, 2.24) is 4.98 Å². The molecule has 2 aromatic rings. The molecule has 0 fully saturated rings. The van der Waals surface area contributed by atoms with Gasteiger partial charge in [-0.15, -0.1) is 0 Å². The van der Waals surface area contributed by atoms with E-state index in [9.17, 15) is 14.4 Å². The maximum Gasteiger partial charge on any atom is 0.345 e. The minimum atomic E-state index is -0.667. The number of rotatable bonds is 4. The van der Waals surface area contributed by atoms with Crippen LogP contribution in [0.1, 0.15) is 20.7 Å². The number of aromatic nitrogens is 1. The van der Waals surface area contributed by atoms with Crippen molar-refractivity contribution in [2.24, 2.45) is 0 Å². The highest BCUT2D eigenvalue weighted by atomic mass is 16.5. The van der Waals surface area contributed by atoms with Crippen LogP contribution in [0, 0.1) is 0 Å². The van der Waals surface area contributed by atoms with Crippen LogP contribution in [-0.2, 0) is 4.79 Å². The first-order valence-corrected chi connectivity index (χ1v) is 5.42. The van der Waals surface area contributed by atoms with E-state index in [-0.39, 0.29) is 17.6 Å². The Hall–Kier alpha value is -2.82. The first-order valence-electron chi connectivity index (χ1n) is 5.42. The second-order valence-corrected chi connectivity index (χ2v) is 3.64. The van der Waals surface area contributed by atoms with Crippen molar-refractivity contribution in [3.63, 3.8) is 0 Å². The molecule has 0 atom stereocenters. The molecule has 1 aromatic heterocycles. The predicted octanol–water partition coefficient (Wildman–Crippen LogP) is 1.68. The maximum absolute atomic E-state index is 11.7. The summed E-state index contributed by atoms with van der Waals surface area (Å²) in [6.07, 6.45) is 3.13.